The van der Waals surface area contributed by atoms with Crippen LogP contribution in [0.2, 0.25) is 0 Å². The van der Waals surface area contributed by atoms with Crippen LogP contribution in [0.25, 0.3) is 11.0 Å². The lowest BCUT2D eigenvalue weighted by Gasteiger charge is -2.28. The number of carbonyl (C=O) groups excluding carboxylic acids is 2. The van der Waals surface area contributed by atoms with Gasteiger partial charge in [-0.05, 0) is 73.6 Å². The Morgan fingerprint density at radius 3 is 2.48 bits per heavy atom. The van der Waals surface area contributed by atoms with Gasteiger partial charge in [-0.3, -0.25) is 4.79 Å². The lowest BCUT2D eigenvalue weighted by Crippen LogP contribution is -2.43. The molecule has 0 radical (unpaired) electrons. The molecule has 0 atom stereocenters. The molecular formula is C24H35NO6. The van der Waals surface area contributed by atoms with Crippen molar-refractivity contribution < 1.29 is 28.2 Å². The maximum absolute atomic E-state index is 12.1. The van der Waals surface area contributed by atoms with Crippen molar-refractivity contribution in [3.8, 4) is 5.75 Å². The number of aryl methyl sites for hydroxylation is 1. The zero-order chi connectivity index (χ0) is 23.2. The summed E-state index contributed by atoms with van der Waals surface area (Å²) in [5.41, 5.74) is 0.439. The Kier molecular flexibility index (Phi) is 8.12. The van der Waals surface area contributed by atoms with Gasteiger partial charge in [0, 0.05) is 11.1 Å². The third-order valence-corrected chi connectivity index (χ3v) is 4.56. The molecule has 1 aromatic heterocycles. The molecule has 0 saturated heterocycles. The van der Waals surface area contributed by atoms with E-state index in [1.54, 1.807) is 13.0 Å². The summed E-state index contributed by atoms with van der Waals surface area (Å²) in [5, 5.41) is 4.16. The molecule has 0 bridgehead atoms. The molecule has 0 unspecified atom stereocenters. The number of ether oxygens (including phenoxy) is 3. The van der Waals surface area contributed by atoms with Crippen LogP contribution in [-0.2, 0) is 14.3 Å². The largest absolute Gasteiger partial charge is 0.493 e. The number of benzene rings is 1. The first-order valence-electron chi connectivity index (χ1n) is 10.7. The van der Waals surface area contributed by atoms with Gasteiger partial charge in [0.05, 0.1) is 25.0 Å². The Balaban J connectivity index is 1.90. The zero-order valence-corrected chi connectivity index (χ0v) is 19.7. The molecule has 1 aromatic carbocycles. The molecule has 1 N–H and O–H groups in total. The van der Waals surface area contributed by atoms with Crippen molar-refractivity contribution in [3.05, 3.63) is 29.5 Å². The minimum atomic E-state index is -0.486. The number of furan rings is 1. The standard InChI is InChI=1S/C24H35NO6/c1-8-28-22(27)21-16(2)20-17(11-9-12-18(20)30-21)29-14-10-13-25-24(6,7)15-19(26)31-23(3,4)5/h9,11-12,25H,8,10,13-15H2,1-7H3. The normalized spacial score (nSPS) is 12.1. The van der Waals surface area contributed by atoms with Gasteiger partial charge in [-0.15, -0.1) is 0 Å². The SMILES string of the molecule is CCOC(=O)c1oc2cccc(OCCCNC(C)(C)CC(=O)OC(C)(C)C)c2c1C. The number of nitrogens with one attached hydrogen (secondary N) is 1. The summed E-state index contributed by atoms with van der Waals surface area (Å²) in [6.07, 6.45) is 1.03. The van der Waals surface area contributed by atoms with Crippen LogP contribution in [0.1, 0.15) is 70.5 Å². The van der Waals surface area contributed by atoms with Gasteiger partial charge in [-0.1, -0.05) is 6.07 Å². The number of hydrogen-bond acceptors (Lipinski definition) is 7. The summed E-state index contributed by atoms with van der Waals surface area (Å²) < 4.78 is 22.1. The average molecular weight is 434 g/mol. The minimum Gasteiger partial charge on any atom is -0.493 e. The van der Waals surface area contributed by atoms with Crippen molar-refractivity contribution in [2.45, 2.75) is 72.4 Å². The van der Waals surface area contributed by atoms with Gasteiger partial charge in [-0.25, -0.2) is 4.79 Å². The average Bonchev–Trinajstić information content (AvgIpc) is 2.97. The van der Waals surface area contributed by atoms with Crippen molar-refractivity contribution in [1.29, 1.82) is 0 Å². The Hall–Kier alpha value is -2.54. The first kappa shape index (κ1) is 24.7. The number of esters is 2. The summed E-state index contributed by atoms with van der Waals surface area (Å²) in [5.74, 6) is 0.181. The monoisotopic (exact) mass is 433 g/mol. The molecule has 2 aromatic rings. The molecular weight excluding hydrogens is 398 g/mol. The van der Waals surface area contributed by atoms with Crippen LogP contribution in [0.5, 0.6) is 5.75 Å². The van der Waals surface area contributed by atoms with E-state index < -0.39 is 11.6 Å². The van der Waals surface area contributed by atoms with Gasteiger partial charge >= 0.3 is 11.9 Å². The fourth-order valence-electron chi connectivity index (χ4n) is 3.26. The third-order valence-electron chi connectivity index (χ3n) is 4.56. The van der Waals surface area contributed by atoms with E-state index in [1.807, 2.05) is 53.7 Å². The van der Waals surface area contributed by atoms with E-state index >= 15 is 0 Å². The van der Waals surface area contributed by atoms with E-state index in [0.717, 1.165) is 11.8 Å². The molecule has 2 rings (SSSR count). The Labute approximate surface area is 184 Å². The van der Waals surface area contributed by atoms with Gasteiger partial charge in [0.2, 0.25) is 5.76 Å². The zero-order valence-electron chi connectivity index (χ0n) is 19.7. The van der Waals surface area contributed by atoms with E-state index in [1.165, 1.54) is 0 Å². The van der Waals surface area contributed by atoms with Crippen molar-refractivity contribution in [3.63, 3.8) is 0 Å². The topological polar surface area (TPSA) is 87.0 Å². The molecule has 0 saturated carbocycles. The molecule has 7 heteroatoms. The van der Waals surface area contributed by atoms with E-state index in [9.17, 15) is 9.59 Å². The molecule has 0 aliphatic rings. The molecule has 0 amide bonds. The third kappa shape index (κ3) is 7.28. The van der Waals surface area contributed by atoms with Crippen LogP contribution < -0.4 is 10.1 Å². The van der Waals surface area contributed by atoms with Crippen molar-refractivity contribution in [1.82, 2.24) is 5.32 Å². The van der Waals surface area contributed by atoms with Gasteiger partial charge < -0.3 is 23.9 Å². The second-order valence-electron chi connectivity index (χ2n) is 9.18. The molecule has 1 heterocycles. The lowest BCUT2D eigenvalue weighted by molar-refractivity contribution is -0.156. The van der Waals surface area contributed by atoms with Gasteiger partial charge in [0.25, 0.3) is 0 Å². The fourth-order valence-corrected chi connectivity index (χ4v) is 3.26. The summed E-state index contributed by atoms with van der Waals surface area (Å²) in [7, 11) is 0. The predicted molar refractivity (Wildman–Crippen MR) is 120 cm³/mol. The van der Waals surface area contributed by atoms with Crippen LogP contribution in [0, 0.1) is 6.92 Å². The maximum atomic E-state index is 12.1. The molecule has 0 aliphatic heterocycles. The molecule has 31 heavy (non-hydrogen) atoms. The highest BCUT2D eigenvalue weighted by Gasteiger charge is 2.25. The van der Waals surface area contributed by atoms with Gasteiger partial charge in [-0.2, -0.15) is 0 Å². The highest BCUT2D eigenvalue weighted by molar-refractivity contribution is 5.98. The van der Waals surface area contributed by atoms with Gasteiger partial charge in [0.15, 0.2) is 0 Å². The molecule has 0 fully saturated rings. The number of hydrogen-bond donors (Lipinski definition) is 1. The fraction of sp³-hybridized carbons (Fsp3) is 0.583. The lowest BCUT2D eigenvalue weighted by atomic mass is 10.0. The van der Waals surface area contributed by atoms with Crippen molar-refractivity contribution >= 4 is 22.9 Å². The van der Waals surface area contributed by atoms with Crippen LogP contribution >= 0.6 is 0 Å². The molecule has 7 nitrogen and oxygen atoms in total. The second-order valence-corrected chi connectivity index (χ2v) is 9.18. The highest BCUT2D eigenvalue weighted by atomic mass is 16.6. The summed E-state index contributed by atoms with van der Waals surface area (Å²) in [6, 6.07) is 5.50. The summed E-state index contributed by atoms with van der Waals surface area (Å²) in [4.78, 5) is 24.2. The Morgan fingerprint density at radius 1 is 1.13 bits per heavy atom. The van der Waals surface area contributed by atoms with Crippen LogP contribution in [-0.4, -0.2) is 42.8 Å². The highest BCUT2D eigenvalue weighted by Crippen LogP contribution is 2.33. The predicted octanol–water partition coefficient (Wildman–Crippen LogP) is 4.79. The molecule has 172 valence electrons. The van der Waals surface area contributed by atoms with Crippen LogP contribution in [0.4, 0.5) is 0 Å². The Bertz CT molecular complexity index is 907. The van der Waals surface area contributed by atoms with Crippen molar-refractivity contribution in [2.75, 3.05) is 19.8 Å². The number of rotatable bonds is 10. The quantitative estimate of drug-likeness (QED) is 0.426. The van der Waals surface area contributed by atoms with Crippen LogP contribution in [0.15, 0.2) is 22.6 Å². The van der Waals surface area contributed by atoms with Gasteiger partial charge in [0.1, 0.15) is 16.9 Å². The van der Waals surface area contributed by atoms with E-state index in [0.29, 0.717) is 30.0 Å². The van der Waals surface area contributed by atoms with E-state index in [2.05, 4.69) is 5.32 Å². The van der Waals surface area contributed by atoms with Crippen LogP contribution in [0.3, 0.4) is 0 Å². The number of carbonyl (C=O) groups is 2. The summed E-state index contributed by atoms with van der Waals surface area (Å²) in [6.45, 7) is 14.6. The molecule has 0 spiro atoms. The minimum absolute atomic E-state index is 0.207. The van der Waals surface area contributed by atoms with E-state index in [4.69, 9.17) is 18.6 Å². The van der Waals surface area contributed by atoms with E-state index in [-0.39, 0.29) is 30.3 Å². The van der Waals surface area contributed by atoms with Crippen molar-refractivity contribution in [2.24, 2.45) is 0 Å². The first-order chi connectivity index (χ1) is 14.4. The first-order valence-corrected chi connectivity index (χ1v) is 10.7. The maximum Gasteiger partial charge on any atom is 0.374 e. The molecule has 0 aliphatic carbocycles. The number of fused-ring (bicyclic) bond motifs is 1. The second kappa shape index (κ2) is 10.2. The smallest absolute Gasteiger partial charge is 0.374 e. The Morgan fingerprint density at radius 2 is 1.84 bits per heavy atom. The summed E-state index contributed by atoms with van der Waals surface area (Å²) >= 11 is 0.